The predicted molar refractivity (Wildman–Crippen MR) is 155 cm³/mol. The minimum atomic E-state index is -0.816. The maximum absolute atomic E-state index is 13.8. The predicted octanol–water partition coefficient (Wildman–Crippen LogP) is 7.20. The Morgan fingerprint density at radius 3 is 2.13 bits per heavy atom. The van der Waals surface area contributed by atoms with Crippen LogP contribution in [0.4, 0.5) is 0 Å². The zero-order valence-electron chi connectivity index (χ0n) is 22.1. The number of nitrogens with one attached hydrogen (secondary N) is 1. The Kier molecular flexibility index (Phi) is 10.9. The summed E-state index contributed by atoms with van der Waals surface area (Å²) in [7, 11) is 0. The average molecular weight is 576 g/mol. The number of halogens is 3. The molecule has 2 atom stereocenters. The van der Waals surface area contributed by atoms with Crippen LogP contribution in [0.2, 0.25) is 15.1 Å². The van der Waals surface area contributed by atoms with Crippen molar-refractivity contribution in [3.63, 3.8) is 0 Å². The van der Waals surface area contributed by atoms with Gasteiger partial charge in [0.1, 0.15) is 11.8 Å². The van der Waals surface area contributed by atoms with E-state index in [0.717, 1.165) is 23.1 Å². The van der Waals surface area contributed by atoms with Crippen LogP contribution in [0.5, 0.6) is 5.75 Å². The van der Waals surface area contributed by atoms with Crippen LogP contribution in [0.3, 0.4) is 0 Å². The molecule has 0 spiro atoms. The van der Waals surface area contributed by atoms with Crippen molar-refractivity contribution in [3.8, 4) is 5.75 Å². The van der Waals surface area contributed by atoms with Crippen LogP contribution in [0.25, 0.3) is 0 Å². The number of nitrogens with zero attached hydrogens (tertiary/aromatic N) is 1. The number of amides is 2. The molecule has 0 unspecified atom stereocenters. The van der Waals surface area contributed by atoms with Crippen molar-refractivity contribution < 1.29 is 14.3 Å². The highest BCUT2D eigenvalue weighted by atomic mass is 35.5. The van der Waals surface area contributed by atoms with E-state index in [9.17, 15) is 9.59 Å². The lowest BCUT2D eigenvalue weighted by molar-refractivity contribution is -0.143. The number of ether oxygens (including phenoxy) is 1. The van der Waals surface area contributed by atoms with Crippen LogP contribution in [-0.4, -0.2) is 35.4 Å². The lowest BCUT2D eigenvalue weighted by Crippen LogP contribution is -2.53. The summed E-state index contributed by atoms with van der Waals surface area (Å²) in [4.78, 5) is 28.9. The SMILES string of the molecule is CC[C@H](C)NC(=O)[C@@H](Cc1ccccc1)N(Cc1c(Cl)cccc1Cl)C(=O)COc1cc(C)c(Cl)c(C)c1. The van der Waals surface area contributed by atoms with Gasteiger partial charge in [0.15, 0.2) is 6.61 Å². The summed E-state index contributed by atoms with van der Waals surface area (Å²) in [5, 5.41) is 4.53. The Morgan fingerprint density at radius 1 is 0.947 bits per heavy atom. The topological polar surface area (TPSA) is 58.6 Å². The molecule has 5 nitrogen and oxygen atoms in total. The third-order valence-corrected chi connectivity index (χ3v) is 7.74. The normalized spacial score (nSPS) is 12.5. The van der Waals surface area contributed by atoms with Gasteiger partial charge in [-0.3, -0.25) is 9.59 Å². The minimum absolute atomic E-state index is 0.0464. The second-order valence-electron chi connectivity index (χ2n) is 9.40. The molecule has 0 saturated heterocycles. The fraction of sp³-hybridized carbons (Fsp3) is 0.333. The molecule has 8 heteroatoms. The van der Waals surface area contributed by atoms with E-state index in [2.05, 4.69) is 5.32 Å². The first kappa shape index (κ1) is 29.8. The van der Waals surface area contributed by atoms with Gasteiger partial charge < -0.3 is 15.0 Å². The highest BCUT2D eigenvalue weighted by Gasteiger charge is 2.32. The van der Waals surface area contributed by atoms with E-state index in [1.165, 1.54) is 4.90 Å². The fourth-order valence-electron chi connectivity index (χ4n) is 4.07. The molecule has 0 aliphatic heterocycles. The Bertz CT molecular complexity index is 1220. The third-order valence-electron chi connectivity index (χ3n) is 6.43. The van der Waals surface area contributed by atoms with E-state index in [1.807, 2.05) is 58.0 Å². The number of rotatable bonds is 11. The van der Waals surface area contributed by atoms with Gasteiger partial charge in [-0.05, 0) is 68.1 Å². The molecule has 202 valence electrons. The second-order valence-corrected chi connectivity index (χ2v) is 10.6. The van der Waals surface area contributed by atoms with Gasteiger partial charge in [-0.15, -0.1) is 0 Å². The molecule has 0 fully saturated rings. The molecular weight excluding hydrogens is 543 g/mol. The molecule has 38 heavy (non-hydrogen) atoms. The maximum atomic E-state index is 13.8. The molecule has 0 radical (unpaired) electrons. The Hall–Kier alpha value is -2.73. The van der Waals surface area contributed by atoms with Crippen LogP contribution >= 0.6 is 34.8 Å². The number of carbonyl (C=O) groups is 2. The summed E-state index contributed by atoms with van der Waals surface area (Å²) in [6, 6.07) is 17.5. The van der Waals surface area contributed by atoms with Crippen molar-refractivity contribution in [3.05, 3.63) is 98.0 Å². The molecule has 0 saturated carbocycles. The van der Waals surface area contributed by atoms with Gasteiger partial charge in [0.25, 0.3) is 5.91 Å². The van der Waals surface area contributed by atoms with Crippen molar-refractivity contribution >= 4 is 46.6 Å². The summed E-state index contributed by atoms with van der Waals surface area (Å²) >= 11 is 19.3. The van der Waals surface area contributed by atoms with E-state index < -0.39 is 6.04 Å². The summed E-state index contributed by atoms with van der Waals surface area (Å²) in [5.74, 6) is -0.0958. The monoisotopic (exact) mass is 574 g/mol. The van der Waals surface area contributed by atoms with Gasteiger partial charge in [0, 0.05) is 39.6 Å². The second kappa shape index (κ2) is 13.9. The van der Waals surface area contributed by atoms with Crippen LogP contribution in [0.1, 0.15) is 42.5 Å². The van der Waals surface area contributed by atoms with Crippen LogP contribution in [-0.2, 0) is 22.6 Å². The van der Waals surface area contributed by atoms with E-state index in [-0.39, 0.29) is 31.0 Å². The lowest BCUT2D eigenvalue weighted by atomic mass is 10.0. The van der Waals surface area contributed by atoms with Gasteiger partial charge in [0.2, 0.25) is 5.91 Å². The summed E-state index contributed by atoms with van der Waals surface area (Å²) in [6.07, 6.45) is 1.07. The van der Waals surface area contributed by atoms with Crippen LogP contribution < -0.4 is 10.1 Å². The molecule has 0 aliphatic rings. The Labute approximate surface area is 240 Å². The lowest BCUT2D eigenvalue weighted by Gasteiger charge is -2.32. The number of aryl methyl sites for hydroxylation is 2. The van der Waals surface area contributed by atoms with E-state index >= 15 is 0 Å². The largest absolute Gasteiger partial charge is 0.484 e. The third kappa shape index (κ3) is 7.89. The van der Waals surface area contributed by atoms with Crippen molar-refractivity contribution in [2.24, 2.45) is 0 Å². The van der Waals surface area contributed by atoms with Gasteiger partial charge in [-0.25, -0.2) is 0 Å². The van der Waals surface area contributed by atoms with E-state index in [1.54, 1.807) is 30.3 Å². The molecular formula is C30H33Cl3N2O3. The van der Waals surface area contributed by atoms with Crippen molar-refractivity contribution in [1.82, 2.24) is 10.2 Å². The first-order valence-corrected chi connectivity index (χ1v) is 13.7. The molecule has 0 aliphatic carbocycles. The van der Waals surface area contributed by atoms with Gasteiger partial charge in [-0.2, -0.15) is 0 Å². The molecule has 0 aromatic heterocycles. The number of hydrogen-bond donors (Lipinski definition) is 1. The molecule has 1 N–H and O–H groups in total. The molecule has 3 aromatic rings. The van der Waals surface area contributed by atoms with Crippen molar-refractivity contribution in [1.29, 1.82) is 0 Å². The molecule has 0 bridgehead atoms. The Balaban J connectivity index is 1.98. The average Bonchev–Trinajstić information content (AvgIpc) is 2.89. The number of hydrogen-bond acceptors (Lipinski definition) is 3. The van der Waals surface area contributed by atoms with Gasteiger partial charge >= 0.3 is 0 Å². The summed E-state index contributed by atoms with van der Waals surface area (Å²) < 4.78 is 5.90. The Morgan fingerprint density at radius 2 is 1.55 bits per heavy atom. The van der Waals surface area contributed by atoms with Crippen LogP contribution in [0, 0.1) is 13.8 Å². The minimum Gasteiger partial charge on any atom is -0.484 e. The van der Waals surface area contributed by atoms with E-state index in [4.69, 9.17) is 39.5 Å². The molecule has 3 aromatic carbocycles. The molecule has 2 amide bonds. The summed E-state index contributed by atoms with van der Waals surface area (Å²) in [5.41, 5.74) is 3.19. The first-order chi connectivity index (χ1) is 18.1. The number of benzene rings is 3. The fourth-order valence-corrected chi connectivity index (χ4v) is 4.69. The maximum Gasteiger partial charge on any atom is 0.261 e. The van der Waals surface area contributed by atoms with Gasteiger partial charge in [-0.1, -0.05) is 78.1 Å². The van der Waals surface area contributed by atoms with Crippen LogP contribution in [0.15, 0.2) is 60.7 Å². The molecule has 0 heterocycles. The quantitative estimate of drug-likeness (QED) is 0.263. The smallest absolute Gasteiger partial charge is 0.261 e. The zero-order valence-corrected chi connectivity index (χ0v) is 24.3. The highest BCUT2D eigenvalue weighted by molar-refractivity contribution is 6.36. The standard InChI is InChI=1S/C30H33Cl3N2O3/c1-5-21(4)34-30(37)27(16-22-10-7-6-8-11-22)35(17-24-25(31)12-9-13-26(24)32)28(36)18-38-23-14-19(2)29(33)20(3)15-23/h6-15,21,27H,5,16-18H2,1-4H3,(H,34,37)/t21-,27+/m0/s1. The zero-order chi connectivity index (χ0) is 27.8. The summed E-state index contributed by atoms with van der Waals surface area (Å²) in [6.45, 7) is 7.46. The highest BCUT2D eigenvalue weighted by Crippen LogP contribution is 2.28. The van der Waals surface area contributed by atoms with Crippen molar-refractivity contribution in [2.45, 2.75) is 59.2 Å². The van der Waals surface area contributed by atoms with Gasteiger partial charge in [0.05, 0.1) is 0 Å². The van der Waals surface area contributed by atoms with E-state index in [0.29, 0.717) is 32.8 Å². The number of carbonyl (C=O) groups excluding carboxylic acids is 2. The van der Waals surface area contributed by atoms with Crippen molar-refractivity contribution in [2.75, 3.05) is 6.61 Å². The molecule has 3 rings (SSSR count). The first-order valence-electron chi connectivity index (χ1n) is 12.6.